The van der Waals surface area contributed by atoms with Gasteiger partial charge in [-0.1, -0.05) is 0 Å². The van der Waals surface area contributed by atoms with Crippen LogP contribution in [0.3, 0.4) is 0 Å². The second-order valence-electron chi connectivity index (χ2n) is 2.97. The first-order chi connectivity index (χ1) is 6.60. The molecular formula is C8H5F6N. The van der Waals surface area contributed by atoms with Gasteiger partial charge >= 0.3 is 12.4 Å². The van der Waals surface area contributed by atoms with Crippen LogP contribution in [-0.2, 0) is 0 Å². The van der Waals surface area contributed by atoms with Crippen molar-refractivity contribution >= 4 is 5.71 Å². The summed E-state index contributed by atoms with van der Waals surface area (Å²) in [6.45, 7) is 0. The fourth-order valence-corrected chi connectivity index (χ4v) is 1.07. The van der Waals surface area contributed by atoms with Crippen molar-refractivity contribution in [2.45, 2.75) is 18.8 Å². The summed E-state index contributed by atoms with van der Waals surface area (Å²) < 4.78 is 72.6. The summed E-state index contributed by atoms with van der Waals surface area (Å²) in [6, 6.07) is 0. The SMILES string of the molecule is N=C1C=C(C(F)(F)F)C=C(C(F)(F)F)C1. The molecule has 0 aromatic rings. The van der Waals surface area contributed by atoms with Gasteiger partial charge in [-0.2, -0.15) is 26.3 Å². The van der Waals surface area contributed by atoms with Crippen LogP contribution >= 0.6 is 0 Å². The topological polar surface area (TPSA) is 23.9 Å². The van der Waals surface area contributed by atoms with E-state index >= 15 is 0 Å². The van der Waals surface area contributed by atoms with E-state index in [1.54, 1.807) is 0 Å². The number of nitrogens with one attached hydrogen (secondary N) is 1. The maximum absolute atomic E-state index is 12.1. The molecule has 1 N–H and O–H groups in total. The van der Waals surface area contributed by atoms with Crippen LogP contribution in [0.25, 0.3) is 0 Å². The number of halogens is 6. The third-order valence-corrected chi connectivity index (χ3v) is 1.73. The Bertz CT molecular complexity index is 343. The van der Waals surface area contributed by atoms with E-state index < -0.39 is 35.6 Å². The molecule has 15 heavy (non-hydrogen) atoms. The van der Waals surface area contributed by atoms with Crippen molar-refractivity contribution in [3.63, 3.8) is 0 Å². The molecule has 0 saturated carbocycles. The summed E-state index contributed by atoms with van der Waals surface area (Å²) in [5.41, 5.74) is -3.48. The molecule has 0 fully saturated rings. The van der Waals surface area contributed by atoms with Crippen LogP contribution < -0.4 is 0 Å². The zero-order valence-corrected chi connectivity index (χ0v) is 7.13. The molecule has 84 valence electrons. The van der Waals surface area contributed by atoms with Crippen LogP contribution in [0.15, 0.2) is 23.3 Å². The molecule has 0 spiro atoms. The maximum atomic E-state index is 12.1. The lowest BCUT2D eigenvalue weighted by molar-refractivity contribution is -0.0968. The van der Waals surface area contributed by atoms with Crippen molar-refractivity contribution in [1.82, 2.24) is 0 Å². The Morgan fingerprint density at radius 2 is 1.47 bits per heavy atom. The quantitative estimate of drug-likeness (QED) is 0.615. The van der Waals surface area contributed by atoms with E-state index in [2.05, 4.69) is 0 Å². The minimum absolute atomic E-state index is 0.0397. The number of hydrogen-bond donors (Lipinski definition) is 1. The Kier molecular flexibility index (Phi) is 2.67. The maximum Gasteiger partial charge on any atom is 0.416 e. The van der Waals surface area contributed by atoms with Gasteiger partial charge in [0.05, 0.1) is 5.57 Å². The highest BCUT2D eigenvalue weighted by molar-refractivity contribution is 5.96. The zero-order chi connectivity index (χ0) is 11.9. The predicted molar refractivity (Wildman–Crippen MR) is 40.6 cm³/mol. The van der Waals surface area contributed by atoms with Gasteiger partial charge in [-0.15, -0.1) is 0 Å². The van der Waals surface area contributed by atoms with E-state index in [9.17, 15) is 26.3 Å². The fraction of sp³-hybridized carbons (Fsp3) is 0.375. The summed E-state index contributed by atoms with van der Waals surface area (Å²) in [4.78, 5) is 0. The summed E-state index contributed by atoms with van der Waals surface area (Å²) in [5, 5.41) is 6.89. The van der Waals surface area contributed by atoms with Gasteiger partial charge in [-0.05, 0) is 12.2 Å². The number of rotatable bonds is 0. The van der Waals surface area contributed by atoms with Gasteiger partial charge in [-0.3, -0.25) is 0 Å². The first-order valence-corrected chi connectivity index (χ1v) is 3.75. The lowest BCUT2D eigenvalue weighted by Crippen LogP contribution is -2.22. The van der Waals surface area contributed by atoms with Crippen molar-refractivity contribution in [2.24, 2.45) is 0 Å². The summed E-state index contributed by atoms with van der Waals surface area (Å²) >= 11 is 0. The van der Waals surface area contributed by atoms with Gasteiger partial charge in [-0.25, -0.2) is 0 Å². The second kappa shape index (κ2) is 3.39. The predicted octanol–water partition coefficient (Wildman–Crippen LogP) is 3.39. The van der Waals surface area contributed by atoms with E-state index in [0.29, 0.717) is 6.08 Å². The Labute approximate surface area is 80.6 Å². The first kappa shape index (κ1) is 11.8. The fourth-order valence-electron chi connectivity index (χ4n) is 1.07. The van der Waals surface area contributed by atoms with Gasteiger partial charge < -0.3 is 5.41 Å². The Hall–Kier alpha value is -1.27. The third kappa shape index (κ3) is 2.84. The molecule has 0 aromatic heterocycles. The molecule has 1 aliphatic rings. The molecule has 1 rings (SSSR count). The smallest absolute Gasteiger partial charge is 0.305 e. The monoisotopic (exact) mass is 229 g/mol. The van der Waals surface area contributed by atoms with E-state index in [4.69, 9.17) is 5.41 Å². The highest BCUT2D eigenvalue weighted by Gasteiger charge is 2.40. The van der Waals surface area contributed by atoms with Crippen molar-refractivity contribution in [2.75, 3.05) is 0 Å². The van der Waals surface area contributed by atoms with Crippen LogP contribution in [0, 0.1) is 5.41 Å². The molecule has 0 aliphatic heterocycles. The molecule has 0 radical (unpaired) electrons. The van der Waals surface area contributed by atoms with E-state index in [-0.39, 0.29) is 6.08 Å². The van der Waals surface area contributed by atoms with Crippen molar-refractivity contribution in [3.05, 3.63) is 23.3 Å². The zero-order valence-electron chi connectivity index (χ0n) is 7.13. The summed E-state index contributed by atoms with van der Waals surface area (Å²) in [6.07, 6.45) is -10.1. The molecule has 7 heteroatoms. The van der Waals surface area contributed by atoms with E-state index in [1.807, 2.05) is 0 Å². The van der Waals surface area contributed by atoms with Crippen LogP contribution in [0.5, 0.6) is 0 Å². The lowest BCUT2D eigenvalue weighted by Gasteiger charge is -2.18. The number of hydrogen-bond acceptors (Lipinski definition) is 1. The standard InChI is InChI=1S/C8H5F6N/c9-7(10,11)4-1-5(8(12,13)14)3-6(15)2-4/h1-2,15H,3H2. The van der Waals surface area contributed by atoms with Crippen molar-refractivity contribution in [3.8, 4) is 0 Å². The van der Waals surface area contributed by atoms with Crippen LogP contribution in [0.4, 0.5) is 26.3 Å². The Morgan fingerprint density at radius 1 is 0.933 bits per heavy atom. The van der Waals surface area contributed by atoms with E-state index in [0.717, 1.165) is 0 Å². The number of allylic oxidation sites excluding steroid dienone is 4. The Morgan fingerprint density at radius 3 is 1.87 bits per heavy atom. The minimum atomic E-state index is -4.86. The molecular weight excluding hydrogens is 224 g/mol. The van der Waals surface area contributed by atoms with Crippen molar-refractivity contribution < 1.29 is 26.3 Å². The van der Waals surface area contributed by atoms with Crippen LogP contribution in [0.2, 0.25) is 0 Å². The molecule has 1 nitrogen and oxygen atoms in total. The van der Waals surface area contributed by atoms with Gasteiger partial charge in [0.15, 0.2) is 0 Å². The molecule has 0 unspecified atom stereocenters. The number of alkyl halides is 6. The minimum Gasteiger partial charge on any atom is -0.305 e. The van der Waals surface area contributed by atoms with Crippen LogP contribution in [0.1, 0.15) is 6.42 Å². The Balaban J connectivity index is 3.11. The average molecular weight is 229 g/mol. The molecule has 0 atom stereocenters. The molecule has 0 amide bonds. The largest absolute Gasteiger partial charge is 0.416 e. The highest BCUT2D eigenvalue weighted by atomic mass is 19.4. The van der Waals surface area contributed by atoms with Gasteiger partial charge in [0, 0.05) is 17.7 Å². The summed E-state index contributed by atoms with van der Waals surface area (Å²) in [5.74, 6) is 0. The highest BCUT2D eigenvalue weighted by Crippen LogP contribution is 2.36. The lowest BCUT2D eigenvalue weighted by atomic mass is 9.97. The van der Waals surface area contributed by atoms with Crippen LogP contribution in [-0.4, -0.2) is 18.1 Å². The third-order valence-electron chi connectivity index (χ3n) is 1.73. The van der Waals surface area contributed by atoms with Gasteiger partial charge in [0.2, 0.25) is 0 Å². The summed E-state index contributed by atoms with van der Waals surface area (Å²) in [7, 11) is 0. The normalized spacial score (nSPS) is 18.7. The second-order valence-corrected chi connectivity index (χ2v) is 2.97. The molecule has 0 saturated heterocycles. The van der Waals surface area contributed by atoms with Gasteiger partial charge in [0.1, 0.15) is 0 Å². The molecule has 1 aliphatic carbocycles. The van der Waals surface area contributed by atoms with Crippen molar-refractivity contribution in [1.29, 1.82) is 5.41 Å². The molecule has 0 heterocycles. The first-order valence-electron chi connectivity index (χ1n) is 3.75. The molecule has 0 bridgehead atoms. The van der Waals surface area contributed by atoms with Gasteiger partial charge in [0.25, 0.3) is 0 Å². The molecule has 0 aromatic carbocycles. The average Bonchev–Trinajstić information content (AvgIpc) is 1.99. The van der Waals surface area contributed by atoms with E-state index in [1.165, 1.54) is 0 Å².